The third-order valence-electron chi connectivity index (χ3n) is 7.01. The number of aromatic hydroxyl groups is 1. The number of carbonyl (C=O) groups excluding carboxylic acids is 3. The van der Waals surface area contributed by atoms with Gasteiger partial charge in [0.15, 0.2) is 0 Å². The molecule has 3 heterocycles. The molecule has 0 aliphatic carbocycles. The molecule has 5 N–H and O–H groups in total. The zero-order valence-electron chi connectivity index (χ0n) is 39.9. The van der Waals surface area contributed by atoms with E-state index < -0.39 is 29.5 Å². The molecule has 0 radical (unpaired) electrons. The number of rotatable bonds is 11. The smallest absolute Gasteiger partial charge is 1.00 e. The molecule has 396 valence electrons. The summed E-state index contributed by atoms with van der Waals surface area (Å²) in [5.41, 5.74) is 3.02. The van der Waals surface area contributed by atoms with Crippen LogP contribution in [0.1, 0.15) is 78.8 Å². The first-order valence-electron chi connectivity index (χ1n) is 18.1. The van der Waals surface area contributed by atoms with Crippen LogP contribution in [0.5, 0.6) is 17.2 Å². The van der Waals surface area contributed by atoms with E-state index in [9.17, 15) is 27.6 Å². The summed E-state index contributed by atoms with van der Waals surface area (Å²) in [5, 5.41) is 33.9. The van der Waals surface area contributed by atoms with Gasteiger partial charge in [-0.2, -0.15) is 5.26 Å². The number of phenolic OH excluding ortho intramolecular Hbond substituents is 1. The SMILES string of the molecule is C.C.C.CC#N.COC(=O)c1ccc(CBr)cn1.COC(=O)c1ccc(COc2cc(F)cc(Br)c2)cn1.O.O=C(O)c1ccc(COc2cc(F)cc(Br)c2)cn1.O=CO[O-].Oc1cc(F)cc(Br)c1.[H-].[K+].[K+].[Li+].[OH-]. The first-order chi connectivity index (χ1) is 31.9. The summed E-state index contributed by atoms with van der Waals surface area (Å²) in [6, 6.07) is 23.7. The second kappa shape index (κ2) is 52.1. The Morgan fingerprint density at radius 3 is 1.25 bits per heavy atom. The van der Waals surface area contributed by atoms with Gasteiger partial charge in [-0.3, -0.25) is 4.79 Å². The molecule has 0 spiro atoms. The van der Waals surface area contributed by atoms with E-state index >= 15 is 0 Å². The normalized spacial score (nSPS) is 8.35. The van der Waals surface area contributed by atoms with E-state index in [2.05, 4.69) is 93.0 Å². The number of carbonyl (C=O) groups is 4. The van der Waals surface area contributed by atoms with Crippen LogP contribution in [0.25, 0.3) is 0 Å². The standard InChI is InChI=1S/C14H11BrFNO3.C13H9BrFNO3.C8H8BrNO2.C6H4BrFO.C2H3N.CH2O3.3CH4.2K.Li.2H2O.H/c1-19-14(18)13-3-2-9(7-17-13)8-20-12-5-10(15)4-11(16)6-12;14-9-3-10(15)5-11(4-9)19-7-8-1-2-12(13(17)18)16-6-8;1-12-8(11)7-3-2-6(4-9)5-10-7;7-4-1-5(8)3-6(9)2-4;1-2-3;2-1-4-3;;;;;;;;;/h2-7H,8H2,1H3;1-6H,7H2,(H,17,18);2-3,5H,4H2,1H3;1-3,9H;1H3;1,3H;3*1H4;;;;2*1H2;/q;;;;;;;;;3*+1;;;-1/p-2. The van der Waals surface area contributed by atoms with E-state index in [-0.39, 0.29) is 199 Å². The summed E-state index contributed by atoms with van der Waals surface area (Å²) >= 11 is 12.6. The zero-order chi connectivity index (χ0) is 50.3. The molecule has 0 atom stereocenters. The molecule has 0 saturated heterocycles. The van der Waals surface area contributed by atoms with Crippen molar-refractivity contribution in [2.75, 3.05) is 14.2 Å². The van der Waals surface area contributed by atoms with Gasteiger partial charge in [-0.15, -0.1) is 0 Å². The number of hydrogen-bond acceptors (Lipinski definition) is 16. The van der Waals surface area contributed by atoms with Crippen molar-refractivity contribution in [3.05, 3.63) is 174 Å². The van der Waals surface area contributed by atoms with Crippen molar-refractivity contribution in [2.45, 2.75) is 47.7 Å². The third-order valence-corrected chi connectivity index (χ3v) is 9.03. The Balaban J connectivity index is -0.000000107. The largest absolute Gasteiger partial charge is 1.00 e. The number of methoxy groups -OCH3 is 2. The summed E-state index contributed by atoms with van der Waals surface area (Å²) in [5.74, 6) is -2.48. The topological polar surface area (TPSA) is 302 Å². The van der Waals surface area contributed by atoms with Crippen molar-refractivity contribution in [3.8, 4) is 23.3 Å². The first-order valence-corrected chi connectivity index (χ1v) is 21.6. The number of pyridine rings is 3. The maximum absolute atomic E-state index is 13.2. The van der Waals surface area contributed by atoms with E-state index in [1.807, 2.05) is 6.07 Å². The van der Waals surface area contributed by atoms with E-state index in [1.165, 1.54) is 76.0 Å². The Kier molecular flexibility index (Phi) is 61.7. The van der Waals surface area contributed by atoms with Crippen molar-refractivity contribution < 1.29 is 206 Å². The summed E-state index contributed by atoms with van der Waals surface area (Å²) in [7, 11) is 2.63. The van der Waals surface area contributed by atoms with Crippen molar-refractivity contribution in [1.82, 2.24) is 15.0 Å². The zero-order valence-corrected chi connectivity index (χ0v) is 51.5. The summed E-state index contributed by atoms with van der Waals surface area (Å²) in [4.78, 5) is 55.6. The molecule has 75 heavy (non-hydrogen) atoms. The van der Waals surface area contributed by atoms with Crippen molar-refractivity contribution in [3.63, 3.8) is 0 Å². The molecular formula is C47H52Br4F3K2LiN4O14. The number of aromatic nitrogens is 3. The molecular weight excluding hydrogens is 1310 g/mol. The number of alkyl halides is 1. The van der Waals surface area contributed by atoms with Crippen molar-refractivity contribution in [1.29, 1.82) is 5.26 Å². The van der Waals surface area contributed by atoms with E-state index in [0.29, 0.717) is 36.2 Å². The van der Waals surface area contributed by atoms with Gasteiger partial charge in [0.05, 0.1) is 20.3 Å². The number of carboxylic acid groups (broad SMARTS) is 1. The Hall–Kier alpha value is -2.66. The minimum atomic E-state index is -1.08. The Morgan fingerprint density at radius 2 is 1.00 bits per heavy atom. The molecule has 6 aromatic rings. The monoisotopic (exact) mass is 1350 g/mol. The molecule has 3 aromatic heterocycles. The van der Waals surface area contributed by atoms with E-state index in [0.717, 1.165) is 22.5 Å². The van der Waals surface area contributed by atoms with E-state index in [1.54, 1.807) is 48.7 Å². The van der Waals surface area contributed by atoms with Gasteiger partial charge >= 0.3 is 140 Å². The fourth-order valence-electron chi connectivity index (χ4n) is 4.20. The number of nitriles is 1. The van der Waals surface area contributed by atoms with Gasteiger partial charge in [-0.25, -0.2) is 42.5 Å². The quantitative estimate of drug-likeness (QED) is 0.0465. The summed E-state index contributed by atoms with van der Waals surface area (Å²) in [6.45, 7) is 1.66. The van der Waals surface area contributed by atoms with Crippen LogP contribution in [-0.2, 0) is 37.7 Å². The number of halogens is 7. The number of benzene rings is 3. The molecule has 0 amide bonds. The molecule has 6 rings (SSSR count). The molecule has 0 saturated carbocycles. The fraction of sp³-hybridized carbons (Fsp3) is 0.191. The number of aromatic carboxylic acids is 1. The minimum absolute atomic E-state index is 0. The predicted octanol–water partition coefficient (Wildman–Crippen LogP) is 1.66. The molecule has 0 bridgehead atoms. The Bertz CT molecular complexity index is 2470. The molecule has 0 aliphatic heterocycles. The number of carboxylic acids is 1. The average molecular weight is 1360 g/mol. The number of hydrogen-bond donors (Lipinski definition) is 2. The third kappa shape index (κ3) is 40.2. The van der Waals surface area contributed by atoms with Gasteiger partial charge in [-0.05, 0) is 60.2 Å². The van der Waals surface area contributed by atoms with Crippen LogP contribution in [0, 0.1) is 28.8 Å². The number of esters is 2. The maximum atomic E-state index is 13.2. The van der Waals surface area contributed by atoms with Crippen molar-refractivity contribution in [2.24, 2.45) is 0 Å². The van der Waals surface area contributed by atoms with Crippen LogP contribution in [-0.4, -0.2) is 74.7 Å². The van der Waals surface area contributed by atoms with Gasteiger partial charge in [0.2, 0.25) is 0 Å². The number of nitrogens with zero attached hydrogens (tertiary/aromatic N) is 4. The van der Waals surface area contributed by atoms with Gasteiger partial charge in [-0.1, -0.05) is 104 Å². The maximum Gasteiger partial charge on any atom is 1.00 e. The van der Waals surface area contributed by atoms with Gasteiger partial charge in [0, 0.05) is 73.6 Å². The minimum Gasteiger partial charge on any atom is -1.00 e. The van der Waals surface area contributed by atoms with Crippen LogP contribution in [0.15, 0.2) is 123 Å². The average Bonchev–Trinajstić information content (AvgIpc) is 3.30. The summed E-state index contributed by atoms with van der Waals surface area (Å²) in [6.07, 6.45) is 4.57. The molecule has 0 aliphatic rings. The number of ether oxygens (including phenoxy) is 4. The molecule has 3 aromatic carbocycles. The van der Waals surface area contributed by atoms with Gasteiger partial charge in [0.25, 0.3) is 6.47 Å². The Labute approximate surface area is 565 Å². The van der Waals surface area contributed by atoms with Crippen LogP contribution in [0.4, 0.5) is 13.2 Å². The van der Waals surface area contributed by atoms with Crippen LogP contribution >= 0.6 is 63.7 Å². The van der Waals surface area contributed by atoms with Crippen LogP contribution in [0.3, 0.4) is 0 Å². The van der Waals surface area contributed by atoms with E-state index in [4.69, 9.17) is 35.0 Å². The summed E-state index contributed by atoms with van der Waals surface area (Å²) < 4.78 is 60.1. The van der Waals surface area contributed by atoms with Crippen LogP contribution in [0.2, 0.25) is 0 Å². The molecule has 0 unspecified atom stereocenters. The second-order valence-electron chi connectivity index (χ2n) is 11.9. The van der Waals surface area contributed by atoms with Crippen molar-refractivity contribution >= 4 is 88.1 Å². The van der Waals surface area contributed by atoms with Crippen LogP contribution < -0.4 is 136 Å². The van der Waals surface area contributed by atoms with Gasteiger partial charge < -0.3 is 51.7 Å². The molecule has 28 heteroatoms. The number of phenols is 1. The first kappa shape index (κ1) is 88.9. The Morgan fingerprint density at radius 1 is 0.680 bits per heavy atom. The second-order valence-corrected chi connectivity index (χ2v) is 15.2. The fourth-order valence-corrected chi connectivity index (χ4v) is 5.87. The van der Waals surface area contributed by atoms with Gasteiger partial charge in [0.1, 0.15) is 65.0 Å². The predicted molar refractivity (Wildman–Crippen MR) is 273 cm³/mol. The molecule has 18 nitrogen and oxygen atoms in total. The molecule has 0 fully saturated rings.